The molecule has 0 fully saturated rings. The van der Waals surface area contributed by atoms with E-state index in [0.717, 1.165) is 0 Å². The molecule has 0 radical (unpaired) electrons. The molecule has 0 aliphatic carbocycles. The quantitative estimate of drug-likeness (QED) is 0.701. The van der Waals surface area contributed by atoms with E-state index in [-0.39, 0.29) is 52.7 Å². The first-order chi connectivity index (χ1) is 14.7. The van der Waals surface area contributed by atoms with Crippen molar-refractivity contribution in [2.45, 2.75) is 25.0 Å². The van der Waals surface area contributed by atoms with Gasteiger partial charge in [0.2, 0.25) is 5.78 Å². The summed E-state index contributed by atoms with van der Waals surface area (Å²) in [6, 6.07) is 5.70. The van der Waals surface area contributed by atoms with Crippen LogP contribution in [0.25, 0.3) is 0 Å². The first kappa shape index (κ1) is 20.7. The van der Waals surface area contributed by atoms with Gasteiger partial charge in [0.1, 0.15) is 23.9 Å². The Kier molecular flexibility index (Phi) is 4.89. The summed E-state index contributed by atoms with van der Waals surface area (Å²) >= 11 is 0. The number of phenols is 1. The van der Waals surface area contributed by atoms with Gasteiger partial charge in [-0.15, -0.1) is 0 Å². The van der Waals surface area contributed by atoms with E-state index in [9.17, 15) is 19.8 Å². The molecule has 2 heterocycles. The molecule has 0 aromatic heterocycles. The Bertz CT molecular complexity index is 1120. The minimum Gasteiger partial charge on any atom is -0.508 e. The zero-order chi connectivity index (χ0) is 22.5. The summed E-state index contributed by atoms with van der Waals surface area (Å²) in [5.74, 6) is -0.0817. The lowest BCUT2D eigenvalue weighted by molar-refractivity contribution is -0.115. The summed E-state index contributed by atoms with van der Waals surface area (Å²) in [7, 11) is 2.91. The van der Waals surface area contributed by atoms with Crippen molar-refractivity contribution in [2.24, 2.45) is 0 Å². The van der Waals surface area contributed by atoms with Gasteiger partial charge in [0.25, 0.3) is 0 Å². The molecule has 0 amide bonds. The maximum Gasteiger partial charge on any atom is 0.206 e. The molecule has 8 nitrogen and oxygen atoms in total. The zero-order valence-electron chi connectivity index (χ0n) is 17.4. The predicted molar refractivity (Wildman–Crippen MR) is 109 cm³/mol. The number of methoxy groups -OCH3 is 2. The van der Waals surface area contributed by atoms with Crippen LogP contribution in [0.4, 0.5) is 0 Å². The molecule has 0 spiro atoms. The second-order valence-corrected chi connectivity index (χ2v) is 7.54. The maximum atomic E-state index is 13.5. The van der Waals surface area contributed by atoms with Gasteiger partial charge in [-0.1, -0.05) is 6.58 Å². The highest BCUT2D eigenvalue weighted by Crippen LogP contribution is 2.50. The van der Waals surface area contributed by atoms with E-state index in [1.54, 1.807) is 13.0 Å². The van der Waals surface area contributed by atoms with Gasteiger partial charge in [-0.2, -0.15) is 0 Å². The minimum absolute atomic E-state index is 0.0572. The molecular weight excluding hydrogens is 404 g/mol. The van der Waals surface area contributed by atoms with Gasteiger partial charge >= 0.3 is 0 Å². The predicted octanol–water partition coefficient (Wildman–Crippen LogP) is 2.32. The third-order valence-corrected chi connectivity index (χ3v) is 5.65. The van der Waals surface area contributed by atoms with Gasteiger partial charge in [-0.3, -0.25) is 9.59 Å². The molecule has 4 rings (SSSR count). The third-order valence-electron chi connectivity index (χ3n) is 5.65. The van der Waals surface area contributed by atoms with Crippen molar-refractivity contribution < 1.29 is 38.7 Å². The van der Waals surface area contributed by atoms with Crippen LogP contribution in [0.3, 0.4) is 0 Å². The first-order valence-corrected chi connectivity index (χ1v) is 9.59. The number of aromatic hydroxyl groups is 1. The van der Waals surface area contributed by atoms with Gasteiger partial charge in [-0.05, 0) is 30.7 Å². The molecule has 8 heteroatoms. The highest BCUT2D eigenvalue weighted by Gasteiger charge is 2.56. The lowest BCUT2D eigenvalue weighted by Crippen LogP contribution is -2.57. The number of allylic oxidation sites excluding steroid dienone is 1. The van der Waals surface area contributed by atoms with Crippen LogP contribution < -0.4 is 18.9 Å². The average molecular weight is 426 g/mol. The fraction of sp³-hybridized carbons (Fsp3) is 0.304. The molecule has 2 aromatic rings. The molecule has 31 heavy (non-hydrogen) atoms. The van der Waals surface area contributed by atoms with Crippen LogP contribution in [0.5, 0.6) is 28.7 Å². The van der Waals surface area contributed by atoms with Crippen LogP contribution in [0, 0.1) is 0 Å². The number of carbonyl (C=O) groups excluding carboxylic acids is 2. The van der Waals surface area contributed by atoms with E-state index in [1.165, 1.54) is 32.4 Å². The number of aliphatic hydroxyl groups is 1. The normalized spacial score (nSPS) is 21.0. The van der Waals surface area contributed by atoms with Crippen molar-refractivity contribution in [3.05, 3.63) is 53.1 Å². The van der Waals surface area contributed by atoms with Gasteiger partial charge in [0.15, 0.2) is 29.0 Å². The molecule has 2 N–H and O–H groups in total. The summed E-state index contributed by atoms with van der Waals surface area (Å²) in [6.45, 7) is 5.05. The van der Waals surface area contributed by atoms with Crippen LogP contribution in [0.1, 0.15) is 28.4 Å². The Morgan fingerprint density at radius 1 is 1.26 bits per heavy atom. The summed E-state index contributed by atoms with van der Waals surface area (Å²) in [6.07, 6.45) is -1.29. The molecule has 2 atom stereocenters. The number of rotatable bonds is 5. The number of ether oxygens (including phenoxy) is 4. The molecule has 0 unspecified atom stereocenters. The summed E-state index contributed by atoms with van der Waals surface area (Å²) < 4.78 is 22.3. The second-order valence-electron chi connectivity index (χ2n) is 7.54. The summed E-state index contributed by atoms with van der Waals surface area (Å²) in [5.41, 5.74) is -1.33. The Labute approximate surface area is 178 Å². The Morgan fingerprint density at radius 2 is 1.94 bits per heavy atom. The maximum absolute atomic E-state index is 13.5. The Hall–Kier alpha value is -3.52. The number of hydrogen-bond donors (Lipinski definition) is 2. The molecule has 2 aliphatic heterocycles. The fourth-order valence-electron chi connectivity index (χ4n) is 3.89. The second kappa shape index (κ2) is 7.31. The Morgan fingerprint density at radius 3 is 2.58 bits per heavy atom. The molecule has 2 aromatic carbocycles. The van der Waals surface area contributed by atoms with Crippen molar-refractivity contribution >= 4 is 11.6 Å². The van der Waals surface area contributed by atoms with E-state index in [4.69, 9.17) is 18.9 Å². The van der Waals surface area contributed by atoms with Gasteiger partial charge in [0.05, 0.1) is 19.8 Å². The summed E-state index contributed by atoms with van der Waals surface area (Å²) in [4.78, 5) is 25.8. The number of phenolic OH excluding ortho intramolecular Hbond substituents is 1. The number of carbonyl (C=O) groups is 2. The van der Waals surface area contributed by atoms with E-state index in [0.29, 0.717) is 17.1 Å². The van der Waals surface area contributed by atoms with Crippen LogP contribution in [0.15, 0.2) is 36.4 Å². The van der Waals surface area contributed by atoms with E-state index in [1.807, 2.05) is 0 Å². The number of ketones is 2. The van der Waals surface area contributed by atoms with Crippen molar-refractivity contribution in [1.82, 2.24) is 0 Å². The van der Waals surface area contributed by atoms with Crippen molar-refractivity contribution in [1.29, 1.82) is 0 Å². The lowest BCUT2D eigenvalue weighted by atomic mass is 9.77. The smallest absolute Gasteiger partial charge is 0.206 e. The third kappa shape index (κ3) is 3.02. The molecule has 2 aliphatic rings. The number of benzene rings is 2. The van der Waals surface area contributed by atoms with Crippen LogP contribution >= 0.6 is 0 Å². The van der Waals surface area contributed by atoms with E-state index in [2.05, 4.69) is 6.58 Å². The lowest BCUT2D eigenvalue weighted by Gasteiger charge is -2.43. The minimum atomic E-state index is -2.05. The molecule has 0 bridgehead atoms. The average Bonchev–Trinajstić information content (AvgIpc) is 2.75. The first-order valence-electron chi connectivity index (χ1n) is 9.59. The summed E-state index contributed by atoms with van der Waals surface area (Å²) in [5, 5.41) is 21.9. The molecule has 0 saturated heterocycles. The fourth-order valence-corrected chi connectivity index (χ4v) is 3.89. The largest absolute Gasteiger partial charge is 0.508 e. The van der Waals surface area contributed by atoms with Crippen molar-refractivity contribution in [3.63, 3.8) is 0 Å². The number of Topliss-reactive ketones (excluding diaryl/α,β-unsaturated/α-hetero) is 2. The zero-order valence-corrected chi connectivity index (χ0v) is 17.4. The van der Waals surface area contributed by atoms with Gasteiger partial charge in [-0.25, -0.2) is 0 Å². The molecular formula is C23H22O8. The van der Waals surface area contributed by atoms with Gasteiger partial charge in [0, 0.05) is 23.6 Å². The highest BCUT2D eigenvalue weighted by atomic mass is 16.6. The number of fused-ring (bicyclic) bond motifs is 4. The van der Waals surface area contributed by atoms with E-state index < -0.39 is 17.5 Å². The SMILES string of the molecule is C=C(C)C(=O)Cc1c(O)ccc2c1O[C@@H]1COc3cc(OC)c(OC)cc3[C@]1(O)C2=O. The van der Waals surface area contributed by atoms with Crippen LogP contribution in [0.2, 0.25) is 0 Å². The van der Waals surface area contributed by atoms with E-state index >= 15 is 0 Å². The monoisotopic (exact) mass is 426 g/mol. The van der Waals surface area contributed by atoms with Crippen molar-refractivity contribution in [3.8, 4) is 28.7 Å². The van der Waals surface area contributed by atoms with Gasteiger partial charge < -0.3 is 29.2 Å². The molecule has 0 saturated carbocycles. The Balaban J connectivity index is 1.86. The number of hydrogen-bond acceptors (Lipinski definition) is 8. The highest BCUT2D eigenvalue weighted by molar-refractivity contribution is 6.08. The standard InChI is InChI=1S/C23H22O8/c1-11(2)16(25)7-13-15(24)6-5-12-21(13)31-20-10-30-17-9-19(29-4)18(28-3)8-14(17)23(20,27)22(12)26/h5-6,8-9,20,24,27H,1,7,10H2,2-4H3/t20-,23-/m1/s1. The topological polar surface area (TPSA) is 112 Å². The van der Waals surface area contributed by atoms with Crippen LogP contribution in [-0.2, 0) is 16.8 Å². The van der Waals surface area contributed by atoms with Crippen LogP contribution in [-0.4, -0.2) is 48.7 Å². The van der Waals surface area contributed by atoms with Crippen molar-refractivity contribution in [2.75, 3.05) is 20.8 Å². The molecule has 162 valence electrons.